The molecule has 1 aromatic carbocycles. The maximum Gasteiger partial charge on any atom is 0.150 e. The number of aromatic nitrogens is 2. The molecule has 1 fully saturated rings. The molecular formula is C18H25N3O2S. The highest BCUT2D eigenvalue weighted by molar-refractivity contribution is 7.91. The lowest BCUT2D eigenvalue weighted by Gasteiger charge is -2.24. The number of imidazole rings is 1. The van der Waals surface area contributed by atoms with Crippen molar-refractivity contribution in [2.75, 3.05) is 18.1 Å². The molecule has 3 rings (SSSR count). The van der Waals surface area contributed by atoms with Crippen LogP contribution in [-0.4, -0.2) is 36.0 Å². The highest BCUT2D eigenvalue weighted by Crippen LogP contribution is 2.21. The average molecular weight is 347 g/mol. The van der Waals surface area contributed by atoms with Gasteiger partial charge < -0.3 is 9.88 Å². The summed E-state index contributed by atoms with van der Waals surface area (Å²) >= 11 is 0. The fraction of sp³-hybridized carbons (Fsp3) is 0.500. The number of rotatable bonds is 5. The van der Waals surface area contributed by atoms with E-state index in [0.717, 1.165) is 30.9 Å². The Morgan fingerprint density at radius 2 is 1.92 bits per heavy atom. The quantitative estimate of drug-likeness (QED) is 0.903. The first-order valence-electron chi connectivity index (χ1n) is 8.49. The average Bonchev–Trinajstić information content (AvgIpc) is 3.00. The molecule has 0 saturated carbocycles. The second-order valence-corrected chi connectivity index (χ2v) is 8.96. The number of aryl methyl sites for hydroxylation is 1. The first-order valence-corrected chi connectivity index (χ1v) is 10.3. The predicted molar refractivity (Wildman–Crippen MR) is 96.1 cm³/mol. The summed E-state index contributed by atoms with van der Waals surface area (Å²) in [5, 5.41) is 3.55. The number of nitrogens with zero attached hydrogens (tertiary/aromatic N) is 2. The molecule has 0 radical (unpaired) electrons. The van der Waals surface area contributed by atoms with Crippen LogP contribution in [0.2, 0.25) is 0 Å². The maximum atomic E-state index is 11.5. The van der Waals surface area contributed by atoms with Gasteiger partial charge >= 0.3 is 0 Å². The Morgan fingerprint density at radius 1 is 1.25 bits per heavy atom. The molecule has 1 aliphatic heterocycles. The summed E-state index contributed by atoms with van der Waals surface area (Å²) in [6.45, 7) is 5.01. The molecule has 5 nitrogen and oxygen atoms in total. The summed E-state index contributed by atoms with van der Waals surface area (Å²) in [6, 6.07) is 8.74. The van der Waals surface area contributed by atoms with Gasteiger partial charge in [-0.1, -0.05) is 12.1 Å². The van der Waals surface area contributed by atoms with E-state index in [1.807, 2.05) is 13.1 Å². The molecule has 1 unspecified atom stereocenters. The van der Waals surface area contributed by atoms with Crippen molar-refractivity contribution < 1.29 is 8.42 Å². The van der Waals surface area contributed by atoms with E-state index in [9.17, 15) is 8.42 Å². The Labute approximate surface area is 144 Å². The fourth-order valence-corrected chi connectivity index (χ4v) is 4.77. The zero-order chi connectivity index (χ0) is 17.2. The van der Waals surface area contributed by atoms with Crippen LogP contribution in [0.3, 0.4) is 0 Å². The van der Waals surface area contributed by atoms with Gasteiger partial charge in [-0.25, -0.2) is 13.4 Å². The Balaban J connectivity index is 1.56. The lowest BCUT2D eigenvalue weighted by atomic mass is 10.0. The van der Waals surface area contributed by atoms with Crippen molar-refractivity contribution in [3.63, 3.8) is 0 Å². The SMILES string of the molecule is Cc1nccn1-c1ccc(C(C)NCC2CCS(=O)(=O)CC2)cc1. The predicted octanol–water partition coefficient (Wildman–Crippen LogP) is 2.66. The van der Waals surface area contributed by atoms with E-state index in [2.05, 4.69) is 46.1 Å². The van der Waals surface area contributed by atoms with E-state index in [1.165, 1.54) is 5.56 Å². The van der Waals surface area contributed by atoms with Gasteiger partial charge in [-0.2, -0.15) is 0 Å². The normalized spacial score (nSPS) is 19.2. The van der Waals surface area contributed by atoms with Crippen molar-refractivity contribution in [2.24, 2.45) is 5.92 Å². The smallest absolute Gasteiger partial charge is 0.150 e. The minimum Gasteiger partial charge on any atom is -0.310 e. The first kappa shape index (κ1) is 17.2. The lowest BCUT2D eigenvalue weighted by molar-refractivity contribution is 0.410. The molecule has 1 N–H and O–H groups in total. The number of benzene rings is 1. The van der Waals surface area contributed by atoms with Crippen molar-refractivity contribution >= 4 is 9.84 Å². The van der Waals surface area contributed by atoms with Crippen LogP contribution < -0.4 is 5.32 Å². The lowest BCUT2D eigenvalue weighted by Crippen LogP contribution is -2.32. The summed E-state index contributed by atoms with van der Waals surface area (Å²) in [6.07, 6.45) is 5.32. The number of nitrogens with one attached hydrogen (secondary N) is 1. The van der Waals surface area contributed by atoms with E-state index >= 15 is 0 Å². The third-order valence-electron chi connectivity index (χ3n) is 4.88. The van der Waals surface area contributed by atoms with Crippen LogP contribution in [0, 0.1) is 12.8 Å². The zero-order valence-electron chi connectivity index (χ0n) is 14.3. The molecule has 24 heavy (non-hydrogen) atoms. The Morgan fingerprint density at radius 3 is 2.50 bits per heavy atom. The largest absolute Gasteiger partial charge is 0.310 e. The summed E-state index contributed by atoms with van der Waals surface area (Å²) in [5.41, 5.74) is 2.35. The van der Waals surface area contributed by atoms with E-state index in [-0.39, 0.29) is 6.04 Å². The molecule has 0 bridgehead atoms. The van der Waals surface area contributed by atoms with E-state index in [4.69, 9.17) is 0 Å². The van der Waals surface area contributed by atoms with Gasteiger partial charge in [-0.05, 0) is 56.8 Å². The molecule has 6 heteroatoms. The highest BCUT2D eigenvalue weighted by Gasteiger charge is 2.23. The fourth-order valence-electron chi connectivity index (χ4n) is 3.18. The van der Waals surface area contributed by atoms with Crippen LogP contribution in [0.25, 0.3) is 5.69 Å². The van der Waals surface area contributed by atoms with Gasteiger partial charge in [-0.15, -0.1) is 0 Å². The van der Waals surface area contributed by atoms with Crippen LogP contribution in [0.5, 0.6) is 0 Å². The molecule has 130 valence electrons. The molecule has 0 aliphatic carbocycles. The number of hydrogen-bond donors (Lipinski definition) is 1. The first-order chi connectivity index (χ1) is 11.4. The van der Waals surface area contributed by atoms with Crippen LogP contribution >= 0.6 is 0 Å². The molecule has 1 aliphatic rings. The monoisotopic (exact) mass is 347 g/mol. The van der Waals surface area contributed by atoms with E-state index < -0.39 is 9.84 Å². The third-order valence-corrected chi connectivity index (χ3v) is 6.60. The maximum absolute atomic E-state index is 11.5. The van der Waals surface area contributed by atoms with Crippen LogP contribution in [0.1, 0.15) is 37.2 Å². The Bertz CT molecular complexity index is 767. The van der Waals surface area contributed by atoms with Gasteiger partial charge in [0.1, 0.15) is 15.7 Å². The van der Waals surface area contributed by atoms with Gasteiger partial charge in [0.25, 0.3) is 0 Å². The standard InChI is InChI=1S/C18H25N3O2S/c1-14(20-13-16-7-11-24(22,23)12-8-16)17-3-5-18(6-4-17)21-10-9-19-15(21)2/h3-6,9-10,14,16,20H,7-8,11-13H2,1-2H3. The van der Waals surface area contributed by atoms with Crippen molar-refractivity contribution in [1.82, 2.24) is 14.9 Å². The van der Waals surface area contributed by atoms with Crippen LogP contribution in [-0.2, 0) is 9.84 Å². The van der Waals surface area contributed by atoms with Gasteiger partial charge in [0.2, 0.25) is 0 Å². The second kappa shape index (κ2) is 7.07. The summed E-state index contributed by atoms with van der Waals surface area (Å²) in [4.78, 5) is 4.25. The van der Waals surface area contributed by atoms with Gasteiger partial charge in [0, 0.05) is 24.1 Å². The van der Waals surface area contributed by atoms with Crippen LogP contribution in [0.4, 0.5) is 0 Å². The zero-order valence-corrected chi connectivity index (χ0v) is 15.1. The van der Waals surface area contributed by atoms with Crippen molar-refractivity contribution in [2.45, 2.75) is 32.7 Å². The van der Waals surface area contributed by atoms with Gasteiger partial charge in [0.05, 0.1) is 11.5 Å². The molecular weight excluding hydrogens is 322 g/mol. The minimum atomic E-state index is -2.77. The second-order valence-electron chi connectivity index (χ2n) is 6.66. The molecule has 2 heterocycles. The van der Waals surface area contributed by atoms with E-state index in [1.54, 1.807) is 6.20 Å². The van der Waals surface area contributed by atoms with Gasteiger partial charge in [0.15, 0.2) is 0 Å². The van der Waals surface area contributed by atoms with Gasteiger partial charge in [-0.3, -0.25) is 0 Å². The number of sulfone groups is 1. The summed E-state index contributed by atoms with van der Waals surface area (Å²) in [7, 11) is -2.77. The summed E-state index contributed by atoms with van der Waals surface area (Å²) in [5.74, 6) is 2.12. The molecule has 1 atom stereocenters. The van der Waals surface area contributed by atoms with Crippen molar-refractivity contribution in [1.29, 1.82) is 0 Å². The van der Waals surface area contributed by atoms with Crippen molar-refractivity contribution in [3.8, 4) is 5.69 Å². The van der Waals surface area contributed by atoms with E-state index in [0.29, 0.717) is 17.4 Å². The van der Waals surface area contributed by atoms with Crippen molar-refractivity contribution in [3.05, 3.63) is 48.0 Å². The Kier molecular flexibility index (Phi) is 5.06. The Hall–Kier alpha value is -1.66. The summed E-state index contributed by atoms with van der Waals surface area (Å²) < 4.78 is 25.0. The highest BCUT2D eigenvalue weighted by atomic mass is 32.2. The molecule has 1 aromatic heterocycles. The molecule has 1 saturated heterocycles. The third kappa shape index (κ3) is 4.05. The molecule has 2 aromatic rings. The molecule has 0 spiro atoms. The minimum absolute atomic E-state index is 0.251. The molecule has 0 amide bonds. The number of hydrogen-bond acceptors (Lipinski definition) is 4. The topological polar surface area (TPSA) is 64.0 Å². The van der Waals surface area contributed by atoms with Crippen LogP contribution in [0.15, 0.2) is 36.7 Å².